The summed E-state index contributed by atoms with van der Waals surface area (Å²) in [6.07, 6.45) is 12.3. The summed E-state index contributed by atoms with van der Waals surface area (Å²) in [7, 11) is 0. The van der Waals surface area contributed by atoms with Crippen molar-refractivity contribution < 1.29 is 4.79 Å². The normalized spacial score (nSPS) is 13.7. The predicted octanol–water partition coefficient (Wildman–Crippen LogP) is 4.40. The summed E-state index contributed by atoms with van der Waals surface area (Å²) in [5.74, 6) is 0.486. The second-order valence-corrected chi connectivity index (χ2v) is 7.14. The van der Waals surface area contributed by atoms with Gasteiger partial charge < -0.3 is 10.6 Å². The molecule has 0 unspecified atom stereocenters. The van der Waals surface area contributed by atoms with Crippen molar-refractivity contribution in [3.8, 4) is 0 Å². The van der Waals surface area contributed by atoms with E-state index in [0.717, 1.165) is 24.9 Å². The van der Waals surface area contributed by atoms with Gasteiger partial charge >= 0.3 is 0 Å². The summed E-state index contributed by atoms with van der Waals surface area (Å²) >= 11 is 5.87. The highest BCUT2D eigenvalue weighted by atomic mass is 35.5. The van der Waals surface area contributed by atoms with Crippen LogP contribution in [0.3, 0.4) is 0 Å². The first-order valence-electron chi connectivity index (χ1n) is 9.47. The Morgan fingerprint density at radius 1 is 1.04 bits per heavy atom. The zero-order valence-electron chi connectivity index (χ0n) is 15.4. The van der Waals surface area contributed by atoms with Crippen LogP contribution in [0.4, 0.5) is 5.82 Å². The molecule has 0 radical (unpaired) electrons. The lowest BCUT2D eigenvalue weighted by Gasteiger charge is -2.13. The van der Waals surface area contributed by atoms with Crippen LogP contribution in [0.2, 0.25) is 5.02 Å². The molecule has 142 valence electrons. The molecule has 3 rings (SSSR count). The van der Waals surface area contributed by atoms with Crippen LogP contribution in [0.25, 0.3) is 0 Å². The number of nitrogens with zero attached hydrogens (tertiary/aromatic N) is 2. The zero-order valence-corrected chi connectivity index (χ0v) is 16.1. The zero-order chi connectivity index (χ0) is 18.9. The van der Waals surface area contributed by atoms with Crippen LogP contribution in [0, 0.1) is 0 Å². The van der Waals surface area contributed by atoms with E-state index in [1.807, 2.05) is 24.3 Å². The number of amides is 1. The maximum Gasteiger partial charge on any atom is 0.271 e. The molecule has 2 N–H and O–H groups in total. The summed E-state index contributed by atoms with van der Waals surface area (Å²) in [4.78, 5) is 20.7. The Bertz CT molecular complexity index is 772. The Morgan fingerprint density at radius 3 is 2.59 bits per heavy atom. The number of benzene rings is 1. The van der Waals surface area contributed by atoms with Gasteiger partial charge in [-0.1, -0.05) is 35.4 Å². The lowest BCUT2D eigenvalue weighted by Crippen LogP contribution is -2.26. The summed E-state index contributed by atoms with van der Waals surface area (Å²) in [5.41, 5.74) is 2.98. The van der Waals surface area contributed by atoms with Crippen LogP contribution in [-0.2, 0) is 6.42 Å². The van der Waals surface area contributed by atoms with Crippen LogP contribution >= 0.6 is 11.6 Å². The molecule has 1 amide bonds. The Kier molecular flexibility index (Phi) is 7.22. The maximum absolute atomic E-state index is 12.2. The minimum Gasteiger partial charge on any atom is -0.368 e. The Labute approximate surface area is 165 Å². The quantitative estimate of drug-likeness (QED) is 0.662. The van der Waals surface area contributed by atoms with Crippen molar-refractivity contribution >= 4 is 23.3 Å². The first-order valence-corrected chi connectivity index (χ1v) is 9.85. The van der Waals surface area contributed by atoms with E-state index < -0.39 is 0 Å². The van der Waals surface area contributed by atoms with Crippen molar-refractivity contribution in [2.45, 2.75) is 38.5 Å². The van der Waals surface area contributed by atoms with E-state index in [4.69, 9.17) is 11.6 Å². The number of rotatable bonds is 8. The molecule has 6 heteroatoms. The summed E-state index contributed by atoms with van der Waals surface area (Å²) in [6.45, 7) is 1.38. The molecule has 1 aromatic heterocycles. The van der Waals surface area contributed by atoms with E-state index in [-0.39, 0.29) is 5.91 Å². The minimum absolute atomic E-state index is 0.213. The molecule has 0 aliphatic heterocycles. The average molecular weight is 385 g/mol. The van der Waals surface area contributed by atoms with E-state index >= 15 is 0 Å². The molecular weight excluding hydrogens is 360 g/mol. The van der Waals surface area contributed by atoms with Crippen molar-refractivity contribution in [1.29, 1.82) is 0 Å². The van der Waals surface area contributed by atoms with Crippen LogP contribution in [0.1, 0.15) is 48.2 Å². The van der Waals surface area contributed by atoms with Gasteiger partial charge in [-0.05, 0) is 56.2 Å². The topological polar surface area (TPSA) is 66.9 Å². The number of carbonyl (C=O) groups is 1. The van der Waals surface area contributed by atoms with E-state index in [1.165, 1.54) is 37.5 Å². The monoisotopic (exact) mass is 384 g/mol. The molecule has 0 saturated heterocycles. The summed E-state index contributed by atoms with van der Waals surface area (Å²) < 4.78 is 0. The first kappa shape index (κ1) is 19.4. The number of hydrogen-bond acceptors (Lipinski definition) is 4. The molecule has 1 aliphatic rings. The highest BCUT2D eigenvalue weighted by molar-refractivity contribution is 6.30. The van der Waals surface area contributed by atoms with Gasteiger partial charge in [0.25, 0.3) is 5.91 Å². The van der Waals surface area contributed by atoms with Gasteiger partial charge in [0.15, 0.2) is 0 Å². The molecule has 1 heterocycles. The van der Waals surface area contributed by atoms with Crippen molar-refractivity contribution in [2.24, 2.45) is 0 Å². The van der Waals surface area contributed by atoms with E-state index in [2.05, 4.69) is 26.7 Å². The average Bonchev–Trinajstić information content (AvgIpc) is 2.71. The van der Waals surface area contributed by atoms with Crippen LogP contribution in [0.15, 0.2) is 48.3 Å². The van der Waals surface area contributed by atoms with Crippen LogP contribution < -0.4 is 10.6 Å². The highest BCUT2D eigenvalue weighted by Gasteiger charge is 2.08. The molecule has 5 nitrogen and oxygen atoms in total. The molecule has 0 spiro atoms. The van der Waals surface area contributed by atoms with E-state index in [9.17, 15) is 4.79 Å². The number of halogens is 1. The summed E-state index contributed by atoms with van der Waals surface area (Å²) in [6, 6.07) is 7.61. The van der Waals surface area contributed by atoms with Crippen molar-refractivity contribution in [2.75, 3.05) is 18.4 Å². The fourth-order valence-corrected chi connectivity index (χ4v) is 3.21. The Hall–Kier alpha value is -2.40. The van der Waals surface area contributed by atoms with Gasteiger partial charge in [0.1, 0.15) is 11.5 Å². The lowest BCUT2D eigenvalue weighted by molar-refractivity contribution is 0.0949. The van der Waals surface area contributed by atoms with Gasteiger partial charge in [0, 0.05) is 18.1 Å². The third-order valence-corrected chi connectivity index (χ3v) is 4.89. The molecule has 0 bridgehead atoms. The number of anilines is 1. The maximum atomic E-state index is 12.2. The number of hydrogen-bond donors (Lipinski definition) is 2. The first-order chi connectivity index (χ1) is 13.2. The third-order valence-electron chi connectivity index (χ3n) is 4.63. The van der Waals surface area contributed by atoms with Gasteiger partial charge in [0.05, 0.1) is 12.4 Å². The smallest absolute Gasteiger partial charge is 0.271 e. The van der Waals surface area contributed by atoms with Gasteiger partial charge in [-0.3, -0.25) is 4.79 Å². The number of allylic oxidation sites excluding steroid dienone is 1. The number of nitrogens with one attached hydrogen (secondary N) is 2. The Balaban J connectivity index is 1.40. The van der Waals surface area contributed by atoms with E-state index in [0.29, 0.717) is 23.1 Å². The highest BCUT2D eigenvalue weighted by Crippen LogP contribution is 2.19. The molecule has 2 aromatic rings. The van der Waals surface area contributed by atoms with E-state index in [1.54, 1.807) is 6.20 Å². The van der Waals surface area contributed by atoms with Gasteiger partial charge in [-0.2, -0.15) is 0 Å². The third kappa shape index (κ3) is 6.36. The number of aromatic nitrogens is 2. The van der Waals surface area contributed by atoms with Crippen molar-refractivity contribution in [1.82, 2.24) is 15.3 Å². The standard InChI is InChI=1S/C21H25ClN4O/c22-18-8-6-17(7-9-18)11-13-24-21(27)19-14-26-20(15-25-19)23-12-10-16-4-2-1-3-5-16/h4,6-9,14-15H,1-3,5,10-13H2,(H,23,26)(H,24,27). The fraction of sp³-hybridized carbons (Fsp3) is 0.381. The molecule has 0 fully saturated rings. The SMILES string of the molecule is O=C(NCCc1ccc(Cl)cc1)c1cnc(NCCC2=CCCCC2)cn1. The van der Waals surface area contributed by atoms with Crippen LogP contribution in [-0.4, -0.2) is 29.0 Å². The fourth-order valence-electron chi connectivity index (χ4n) is 3.08. The van der Waals surface area contributed by atoms with Crippen LogP contribution in [0.5, 0.6) is 0 Å². The predicted molar refractivity (Wildman–Crippen MR) is 109 cm³/mol. The summed E-state index contributed by atoms with van der Waals surface area (Å²) in [5, 5.41) is 6.85. The molecule has 1 aliphatic carbocycles. The molecule has 27 heavy (non-hydrogen) atoms. The second-order valence-electron chi connectivity index (χ2n) is 6.70. The second kappa shape index (κ2) is 10.1. The van der Waals surface area contributed by atoms with Gasteiger partial charge in [-0.25, -0.2) is 9.97 Å². The molecular formula is C21H25ClN4O. The molecule has 0 atom stereocenters. The van der Waals surface area contributed by atoms with Crippen molar-refractivity contribution in [3.63, 3.8) is 0 Å². The lowest BCUT2D eigenvalue weighted by atomic mass is 9.97. The molecule has 0 saturated carbocycles. The van der Waals surface area contributed by atoms with Gasteiger partial charge in [0.2, 0.25) is 0 Å². The van der Waals surface area contributed by atoms with Crippen molar-refractivity contribution in [3.05, 3.63) is 64.6 Å². The molecule has 1 aromatic carbocycles. The largest absolute Gasteiger partial charge is 0.368 e. The number of carbonyl (C=O) groups excluding carboxylic acids is 1. The Morgan fingerprint density at radius 2 is 1.89 bits per heavy atom. The minimum atomic E-state index is -0.213. The van der Waals surface area contributed by atoms with Gasteiger partial charge in [-0.15, -0.1) is 0 Å².